The second-order valence-corrected chi connectivity index (χ2v) is 5.47. The van der Waals surface area contributed by atoms with E-state index in [9.17, 15) is 0 Å². The first-order valence-electron chi connectivity index (χ1n) is 7.11. The van der Waals surface area contributed by atoms with Gasteiger partial charge in [-0.2, -0.15) is 5.10 Å². The van der Waals surface area contributed by atoms with Gasteiger partial charge in [0.15, 0.2) is 5.65 Å². The monoisotopic (exact) mass is 315 g/mol. The van der Waals surface area contributed by atoms with E-state index < -0.39 is 0 Å². The molecule has 0 aliphatic carbocycles. The van der Waals surface area contributed by atoms with Gasteiger partial charge in [-0.25, -0.2) is 14.5 Å². The number of fused-ring (bicyclic) bond motifs is 1. The lowest BCUT2D eigenvalue weighted by atomic mass is 10.2. The van der Waals surface area contributed by atoms with Crippen molar-refractivity contribution in [3.63, 3.8) is 0 Å². The zero-order chi connectivity index (χ0) is 14.9. The van der Waals surface area contributed by atoms with Crippen LogP contribution in [0.4, 0.5) is 0 Å². The molecule has 0 aromatic carbocycles. The fourth-order valence-corrected chi connectivity index (χ4v) is 2.69. The van der Waals surface area contributed by atoms with E-state index in [0.717, 1.165) is 35.8 Å². The first kappa shape index (κ1) is 13.6. The summed E-state index contributed by atoms with van der Waals surface area (Å²) in [4.78, 5) is 9.05. The molecule has 6 nitrogen and oxygen atoms in total. The van der Waals surface area contributed by atoms with Gasteiger partial charge in [0.25, 0.3) is 0 Å². The highest BCUT2D eigenvalue weighted by Crippen LogP contribution is 2.23. The highest BCUT2D eigenvalue weighted by molar-refractivity contribution is 6.29. The lowest BCUT2D eigenvalue weighted by Gasteiger charge is -2.23. The first-order valence-corrected chi connectivity index (χ1v) is 7.49. The molecule has 1 unspecified atom stereocenters. The van der Waals surface area contributed by atoms with Crippen LogP contribution in [-0.4, -0.2) is 39.3 Å². The van der Waals surface area contributed by atoms with Gasteiger partial charge in [0.2, 0.25) is 0 Å². The molecule has 4 rings (SSSR count). The van der Waals surface area contributed by atoms with Gasteiger partial charge >= 0.3 is 0 Å². The zero-order valence-electron chi connectivity index (χ0n) is 11.7. The van der Waals surface area contributed by atoms with Crippen molar-refractivity contribution in [3.05, 3.63) is 47.4 Å². The SMILES string of the molecule is Clc1ccc2ncc(-c3cccc(C4CNCCO4)n3)n2n1. The van der Waals surface area contributed by atoms with Crippen LogP contribution in [0.3, 0.4) is 0 Å². The Morgan fingerprint density at radius 2 is 2.23 bits per heavy atom. The summed E-state index contributed by atoms with van der Waals surface area (Å²) in [6.07, 6.45) is 1.73. The summed E-state index contributed by atoms with van der Waals surface area (Å²) in [5, 5.41) is 8.02. The number of nitrogens with zero attached hydrogens (tertiary/aromatic N) is 4. The minimum atomic E-state index is -0.0237. The maximum Gasteiger partial charge on any atom is 0.154 e. The van der Waals surface area contributed by atoms with Gasteiger partial charge in [0, 0.05) is 13.1 Å². The summed E-state index contributed by atoms with van der Waals surface area (Å²) >= 11 is 5.98. The van der Waals surface area contributed by atoms with Crippen molar-refractivity contribution in [2.45, 2.75) is 6.10 Å². The quantitative estimate of drug-likeness (QED) is 0.784. The normalized spacial score (nSPS) is 18.7. The van der Waals surface area contributed by atoms with Gasteiger partial charge in [-0.15, -0.1) is 0 Å². The molecular weight excluding hydrogens is 302 g/mol. The summed E-state index contributed by atoms with van der Waals surface area (Å²) in [5.41, 5.74) is 3.25. The number of imidazole rings is 1. The minimum Gasteiger partial charge on any atom is -0.369 e. The van der Waals surface area contributed by atoms with E-state index in [2.05, 4.69) is 15.4 Å². The number of rotatable bonds is 2. The number of hydrogen-bond acceptors (Lipinski definition) is 5. The Hall–Kier alpha value is -2.02. The number of aromatic nitrogens is 4. The Balaban J connectivity index is 1.76. The highest BCUT2D eigenvalue weighted by Gasteiger charge is 2.18. The summed E-state index contributed by atoms with van der Waals surface area (Å²) in [5.74, 6) is 0. The fourth-order valence-electron chi connectivity index (χ4n) is 2.55. The molecule has 0 spiro atoms. The predicted octanol–water partition coefficient (Wildman–Crippen LogP) is 2.11. The molecule has 0 bridgehead atoms. The summed E-state index contributed by atoms with van der Waals surface area (Å²) < 4.78 is 7.46. The number of nitrogens with one attached hydrogen (secondary N) is 1. The van der Waals surface area contributed by atoms with Gasteiger partial charge < -0.3 is 10.1 Å². The summed E-state index contributed by atoms with van der Waals surface area (Å²) in [6, 6.07) is 9.44. The predicted molar refractivity (Wildman–Crippen MR) is 82.8 cm³/mol. The van der Waals surface area contributed by atoms with Crippen LogP contribution in [0.5, 0.6) is 0 Å². The number of halogens is 1. The third kappa shape index (κ3) is 2.45. The first-order chi connectivity index (χ1) is 10.8. The number of ether oxygens (including phenoxy) is 1. The number of hydrogen-bond donors (Lipinski definition) is 1. The van der Waals surface area contributed by atoms with E-state index in [0.29, 0.717) is 11.8 Å². The summed E-state index contributed by atoms with van der Waals surface area (Å²) in [6.45, 7) is 2.35. The zero-order valence-corrected chi connectivity index (χ0v) is 12.5. The van der Waals surface area contributed by atoms with Crippen molar-refractivity contribution in [2.24, 2.45) is 0 Å². The van der Waals surface area contributed by atoms with E-state index in [1.807, 2.05) is 24.3 Å². The van der Waals surface area contributed by atoms with Crippen LogP contribution < -0.4 is 5.32 Å². The van der Waals surface area contributed by atoms with Gasteiger partial charge in [-0.3, -0.25) is 0 Å². The van der Waals surface area contributed by atoms with Gasteiger partial charge in [-0.1, -0.05) is 17.7 Å². The molecule has 0 saturated carbocycles. The fraction of sp³-hybridized carbons (Fsp3) is 0.267. The lowest BCUT2D eigenvalue weighted by Crippen LogP contribution is -2.33. The smallest absolute Gasteiger partial charge is 0.154 e. The van der Waals surface area contributed by atoms with Crippen LogP contribution in [0.1, 0.15) is 11.8 Å². The van der Waals surface area contributed by atoms with Crippen molar-refractivity contribution in [1.82, 2.24) is 24.9 Å². The van der Waals surface area contributed by atoms with Crippen LogP contribution >= 0.6 is 11.6 Å². The average Bonchev–Trinajstić information content (AvgIpc) is 2.99. The molecule has 3 aromatic heterocycles. The second-order valence-electron chi connectivity index (χ2n) is 5.08. The van der Waals surface area contributed by atoms with Crippen LogP contribution in [0.15, 0.2) is 36.5 Å². The van der Waals surface area contributed by atoms with E-state index in [4.69, 9.17) is 21.3 Å². The molecule has 3 aromatic rings. The Morgan fingerprint density at radius 3 is 3.09 bits per heavy atom. The van der Waals surface area contributed by atoms with Crippen molar-refractivity contribution in [1.29, 1.82) is 0 Å². The Kier molecular flexibility index (Phi) is 3.49. The third-order valence-corrected chi connectivity index (χ3v) is 3.82. The summed E-state index contributed by atoms with van der Waals surface area (Å²) in [7, 11) is 0. The van der Waals surface area contributed by atoms with Gasteiger partial charge in [0.05, 0.1) is 24.2 Å². The van der Waals surface area contributed by atoms with Crippen LogP contribution in [0, 0.1) is 0 Å². The van der Waals surface area contributed by atoms with E-state index in [-0.39, 0.29) is 6.10 Å². The standard InChI is InChI=1S/C15H14ClN5O/c16-14-4-5-15-18-8-12(21(15)20-14)10-2-1-3-11(19-10)13-9-17-6-7-22-13/h1-5,8,13,17H,6-7,9H2. The molecule has 1 N–H and O–H groups in total. The van der Waals surface area contributed by atoms with Gasteiger partial charge in [-0.05, 0) is 24.3 Å². The molecule has 4 heterocycles. The van der Waals surface area contributed by atoms with Crippen LogP contribution in [0.25, 0.3) is 17.0 Å². The van der Waals surface area contributed by atoms with Crippen molar-refractivity contribution >= 4 is 17.2 Å². The molecule has 7 heteroatoms. The van der Waals surface area contributed by atoms with Crippen molar-refractivity contribution < 1.29 is 4.74 Å². The van der Waals surface area contributed by atoms with Crippen LogP contribution in [0.2, 0.25) is 5.15 Å². The second kappa shape index (κ2) is 5.64. The van der Waals surface area contributed by atoms with E-state index in [1.54, 1.807) is 16.8 Å². The molecule has 1 atom stereocenters. The Bertz CT molecular complexity index is 813. The van der Waals surface area contributed by atoms with Crippen molar-refractivity contribution in [3.8, 4) is 11.4 Å². The molecule has 112 valence electrons. The maximum absolute atomic E-state index is 5.98. The number of morpholine rings is 1. The molecular formula is C15H14ClN5O. The molecule has 0 amide bonds. The topological polar surface area (TPSA) is 64.3 Å². The third-order valence-electron chi connectivity index (χ3n) is 3.62. The molecule has 1 aliphatic rings. The number of pyridine rings is 1. The Labute approximate surface area is 132 Å². The maximum atomic E-state index is 5.98. The molecule has 0 radical (unpaired) electrons. The molecule has 1 saturated heterocycles. The molecule has 22 heavy (non-hydrogen) atoms. The van der Waals surface area contributed by atoms with Gasteiger partial charge in [0.1, 0.15) is 17.0 Å². The van der Waals surface area contributed by atoms with E-state index in [1.165, 1.54) is 0 Å². The molecule has 1 fully saturated rings. The lowest BCUT2D eigenvalue weighted by molar-refractivity contribution is 0.0251. The van der Waals surface area contributed by atoms with E-state index >= 15 is 0 Å². The van der Waals surface area contributed by atoms with Crippen LogP contribution in [-0.2, 0) is 4.74 Å². The molecule has 1 aliphatic heterocycles. The van der Waals surface area contributed by atoms with Crippen molar-refractivity contribution in [2.75, 3.05) is 19.7 Å². The average molecular weight is 316 g/mol. The highest BCUT2D eigenvalue weighted by atomic mass is 35.5. The largest absolute Gasteiger partial charge is 0.369 e. The Morgan fingerprint density at radius 1 is 1.27 bits per heavy atom. The minimum absolute atomic E-state index is 0.0237.